The van der Waals surface area contributed by atoms with Gasteiger partial charge in [-0.1, -0.05) is 19.8 Å². The summed E-state index contributed by atoms with van der Waals surface area (Å²) in [5.41, 5.74) is 0. The monoisotopic (exact) mass is 157 g/mol. The van der Waals surface area contributed by atoms with E-state index in [9.17, 15) is 10.1 Å². The standard InChI is InChI=1S/C8H15NO2/c1-7-2-4-8(5-3-7)6-9(10)11/h7-8H,2-6H2,1H3. The number of rotatable bonds is 2. The van der Waals surface area contributed by atoms with Gasteiger partial charge in [0.1, 0.15) is 0 Å². The van der Waals surface area contributed by atoms with E-state index in [1.165, 1.54) is 12.8 Å². The highest BCUT2D eigenvalue weighted by Crippen LogP contribution is 2.27. The second-order valence-electron chi connectivity index (χ2n) is 3.64. The van der Waals surface area contributed by atoms with Gasteiger partial charge in [-0.3, -0.25) is 10.1 Å². The molecule has 0 aromatic heterocycles. The number of nitro groups is 1. The average Bonchev–Trinajstić information content (AvgIpc) is 1.93. The van der Waals surface area contributed by atoms with E-state index in [1.807, 2.05) is 0 Å². The van der Waals surface area contributed by atoms with Crippen molar-refractivity contribution in [2.24, 2.45) is 11.8 Å². The zero-order valence-corrected chi connectivity index (χ0v) is 6.95. The van der Waals surface area contributed by atoms with E-state index in [1.54, 1.807) is 0 Å². The Morgan fingerprint density at radius 1 is 1.36 bits per heavy atom. The van der Waals surface area contributed by atoms with Gasteiger partial charge in [0.2, 0.25) is 6.54 Å². The molecule has 0 spiro atoms. The van der Waals surface area contributed by atoms with Crippen LogP contribution in [0, 0.1) is 22.0 Å². The van der Waals surface area contributed by atoms with Crippen molar-refractivity contribution >= 4 is 0 Å². The molecular weight excluding hydrogens is 142 g/mol. The van der Waals surface area contributed by atoms with Gasteiger partial charge in [-0.25, -0.2) is 0 Å². The number of hydrogen-bond donors (Lipinski definition) is 0. The SMILES string of the molecule is CC1CCC(C[N+](=O)[O-])CC1. The molecule has 1 fully saturated rings. The maximum atomic E-state index is 10.2. The minimum atomic E-state index is -0.180. The minimum absolute atomic E-state index is 0.180. The van der Waals surface area contributed by atoms with Crippen LogP contribution in [0.15, 0.2) is 0 Å². The van der Waals surface area contributed by atoms with E-state index in [0.717, 1.165) is 18.8 Å². The van der Waals surface area contributed by atoms with Crippen molar-refractivity contribution in [1.29, 1.82) is 0 Å². The summed E-state index contributed by atoms with van der Waals surface area (Å²) >= 11 is 0. The molecule has 0 bridgehead atoms. The molecule has 1 saturated carbocycles. The maximum Gasteiger partial charge on any atom is 0.206 e. The van der Waals surface area contributed by atoms with Crippen LogP contribution >= 0.6 is 0 Å². The van der Waals surface area contributed by atoms with Crippen molar-refractivity contribution in [3.63, 3.8) is 0 Å². The second-order valence-corrected chi connectivity index (χ2v) is 3.64. The van der Waals surface area contributed by atoms with E-state index in [2.05, 4.69) is 6.92 Å². The largest absolute Gasteiger partial charge is 0.265 e. The van der Waals surface area contributed by atoms with Gasteiger partial charge in [0, 0.05) is 10.8 Å². The molecule has 0 amide bonds. The summed E-state index contributed by atoms with van der Waals surface area (Å²) in [6.07, 6.45) is 4.47. The molecule has 3 nitrogen and oxygen atoms in total. The molecule has 0 atom stereocenters. The third kappa shape index (κ3) is 2.87. The molecule has 0 heterocycles. The lowest BCUT2D eigenvalue weighted by molar-refractivity contribution is -0.489. The van der Waals surface area contributed by atoms with Crippen molar-refractivity contribution in [2.45, 2.75) is 32.6 Å². The zero-order valence-electron chi connectivity index (χ0n) is 6.95. The first-order chi connectivity index (χ1) is 5.18. The van der Waals surface area contributed by atoms with Gasteiger partial charge in [-0.15, -0.1) is 0 Å². The van der Waals surface area contributed by atoms with Crippen LogP contribution < -0.4 is 0 Å². The molecule has 11 heavy (non-hydrogen) atoms. The fourth-order valence-corrected chi connectivity index (χ4v) is 1.72. The van der Waals surface area contributed by atoms with Crippen LogP contribution in [0.3, 0.4) is 0 Å². The molecule has 1 rings (SSSR count). The predicted molar refractivity (Wildman–Crippen MR) is 43.0 cm³/mol. The van der Waals surface area contributed by atoms with Crippen molar-refractivity contribution in [2.75, 3.05) is 6.54 Å². The van der Waals surface area contributed by atoms with Crippen molar-refractivity contribution in [3.05, 3.63) is 10.1 Å². The topological polar surface area (TPSA) is 43.1 Å². The van der Waals surface area contributed by atoms with E-state index < -0.39 is 0 Å². The van der Waals surface area contributed by atoms with Gasteiger partial charge in [0.05, 0.1) is 0 Å². The number of nitrogens with zero attached hydrogens (tertiary/aromatic N) is 1. The summed E-state index contributed by atoms with van der Waals surface area (Å²) in [6, 6.07) is 0. The van der Waals surface area contributed by atoms with Gasteiger partial charge >= 0.3 is 0 Å². The Balaban J connectivity index is 2.22. The average molecular weight is 157 g/mol. The van der Waals surface area contributed by atoms with Crippen molar-refractivity contribution in [3.8, 4) is 0 Å². The predicted octanol–water partition coefficient (Wildman–Crippen LogP) is 2.09. The summed E-state index contributed by atoms with van der Waals surface area (Å²) in [5.74, 6) is 1.15. The molecule has 0 aromatic carbocycles. The Morgan fingerprint density at radius 3 is 2.36 bits per heavy atom. The summed E-state index contributed by atoms with van der Waals surface area (Å²) in [5, 5.41) is 10.2. The smallest absolute Gasteiger partial charge is 0.206 e. The first-order valence-electron chi connectivity index (χ1n) is 4.30. The fourth-order valence-electron chi connectivity index (χ4n) is 1.72. The molecule has 64 valence electrons. The first kappa shape index (κ1) is 8.50. The second kappa shape index (κ2) is 3.69. The summed E-state index contributed by atoms with van der Waals surface area (Å²) < 4.78 is 0. The molecule has 0 N–H and O–H groups in total. The molecule has 0 unspecified atom stereocenters. The quantitative estimate of drug-likeness (QED) is 0.455. The summed E-state index contributed by atoms with van der Waals surface area (Å²) in [6.45, 7) is 2.41. The molecule has 0 saturated heterocycles. The lowest BCUT2D eigenvalue weighted by Gasteiger charge is -2.22. The van der Waals surface area contributed by atoms with Crippen molar-refractivity contribution < 1.29 is 4.92 Å². The van der Waals surface area contributed by atoms with E-state index in [4.69, 9.17) is 0 Å². The Kier molecular flexibility index (Phi) is 2.85. The Labute approximate surface area is 66.9 Å². The van der Waals surface area contributed by atoms with Crippen LogP contribution in [0.4, 0.5) is 0 Å². The molecule has 1 aliphatic carbocycles. The third-order valence-electron chi connectivity index (χ3n) is 2.54. The van der Waals surface area contributed by atoms with Crippen LogP contribution in [-0.2, 0) is 0 Å². The van der Waals surface area contributed by atoms with Gasteiger partial charge < -0.3 is 0 Å². The van der Waals surface area contributed by atoms with Crippen LogP contribution in [0.5, 0.6) is 0 Å². The normalized spacial score (nSPS) is 31.7. The Bertz CT molecular complexity index is 139. The van der Waals surface area contributed by atoms with E-state index in [-0.39, 0.29) is 11.5 Å². The molecule has 1 aliphatic rings. The van der Waals surface area contributed by atoms with Crippen LogP contribution in [-0.4, -0.2) is 11.5 Å². The minimum Gasteiger partial charge on any atom is -0.265 e. The maximum absolute atomic E-state index is 10.2. The highest BCUT2D eigenvalue weighted by molar-refractivity contribution is 4.68. The highest BCUT2D eigenvalue weighted by atomic mass is 16.6. The first-order valence-corrected chi connectivity index (χ1v) is 4.30. The molecule has 3 heteroatoms. The van der Waals surface area contributed by atoms with Gasteiger partial charge in [0.25, 0.3) is 0 Å². The van der Waals surface area contributed by atoms with E-state index >= 15 is 0 Å². The molecule has 0 radical (unpaired) electrons. The van der Waals surface area contributed by atoms with Gasteiger partial charge in [-0.2, -0.15) is 0 Å². The molecule has 0 aromatic rings. The number of hydrogen-bond acceptors (Lipinski definition) is 2. The lowest BCUT2D eigenvalue weighted by Crippen LogP contribution is -2.19. The van der Waals surface area contributed by atoms with Gasteiger partial charge in [0.15, 0.2) is 0 Å². The summed E-state index contributed by atoms with van der Waals surface area (Å²) in [7, 11) is 0. The van der Waals surface area contributed by atoms with Crippen LogP contribution in [0.1, 0.15) is 32.6 Å². The molecule has 0 aliphatic heterocycles. The molecular formula is C8H15NO2. The Hall–Kier alpha value is -0.600. The van der Waals surface area contributed by atoms with Crippen LogP contribution in [0.2, 0.25) is 0 Å². The van der Waals surface area contributed by atoms with E-state index in [0.29, 0.717) is 5.92 Å². The van der Waals surface area contributed by atoms with Crippen LogP contribution in [0.25, 0.3) is 0 Å². The zero-order chi connectivity index (χ0) is 8.27. The summed E-state index contributed by atoms with van der Waals surface area (Å²) in [4.78, 5) is 9.97. The fraction of sp³-hybridized carbons (Fsp3) is 1.00. The third-order valence-corrected chi connectivity index (χ3v) is 2.54. The van der Waals surface area contributed by atoms with Crippen molar-refractivity contribution in [1.82, 2.24) is 0 Å². The lowest BCUT2D eigenvalue weighted by atomic mass is 9.83. The van der Waals surface area contributed by atoms with Gasteiger partial charge in [-0.05, 0) is 18.8 Å². The Morgan fingerprint density at radius 2 is 1.91 bits per heavy atom. The highest BCUT2D eigenvalue weighted by Gasteiger charge is 2.21.